The van der Waals surface area contributed by atoms with Crippen LogP contribution in [0.5, 0.6) is 0 Å². The van der Waals surface area contributed by atoms with Crippen LogP contribution in [-0.4, -0.2) is 0 Å². The molecule has 0 atom stereocenters. The van der Waals surface area contributed by atoms with E-state index < -0.39 is 0 Å². The standard InChI is InChI=1S/4Ti/q4*+2. The second-order valence-electron chi connectivity index (χ2n) is 0. The summed E-state index contributed by atoms with van der Waals surface area (Å²) in [6.07, 6.45) is 0. The molecule has 0 aromatic carbocycles. The molecule has 4 heavy (non-hydrogen) atoms. The maximum atomic E-state index is 0. The van der Waals surface area contributed by atoms with E-state index in [9.17, 15) is 0 Å². The van der Waals surface area contributed by atoms with Crippen molar-refractivity contribution in [3.8, 4) is 0 Å². The molecule has 0 N–H and O–H groups in total. The maximum absolute atomic E-state index is 0. The van der Waals surface area contributed by atoms with Crippen molar-refractivity contribution in [1.82, 2.24) is 0 Å². The van der Waals surface area contributed by atoms with Crippen molar-refractivity contribution in [2.45, 2.75) is 0 Å². The number of rotatable bonds is 0. The van der Waals surface area contributed by atoms with Crippen LogP contribution in [0.3, 0.4) is 0 Å². The molecule has 0 bridgehead atoms. The van der Waals surface area contributed by atoms with E-state index in [0.717, 1.165) is 0 Å². The molecule has 0 saturated carbocycles. The first-order valence-corrected chi connectivity index (χ1v) is 0. The summed E-state index contributed by atoms with van der Waals surface area (Å²) in [5, 5.41) is 0. The smallest absolute Gasteiger partial charge is 2.00 e. The third kappa shape index (κ3) is 8.85. The fourth-order valence-corrected chi connectivity index (χ4v) is 0. The van der Waals surface area contributed by atoms with Crippen LogP contribution < -0.4 is 0 Å². The minimum absolute atomic E-state index is 0. The molecule has 0 amide bonds. The monoisotopic (exact) mass is 192 g/mol. The van der Waals surface area contributed by atoms with Gasteiger partial charge in [0.15, 0.2) is 0 Å². The Balaban J connectivity index is 0. The van der Waals surface area contributed by atoms with Crippen LogP contribution in [-0.2, 0) is 86.9 Å². The average Bonchev–Trinajstić information content (AvgIpc) is 0. The van der Waals surface area contributed by atoms with Crippen LogP contribution in [0.1, 0.15) is 0 Å². The first kappa shape index (κ1) is 28.8. The zero-order valence-corrected chi connectivity index (χ0v) is 8.25. The van der Waals surface area contributed by atoms with Gasteiger partial charge in [0.25, 0.3) is 0 Å². The fourth-order valence-electron chi connectivity index (χ4n) is 0. The molecule has 0 nitrogen and oxygen atoms in total. The van der Waals surface area contributed by atoms with Crippen molar-refractivity contribution in [3.05, 3.63) is 0 Å². The molecule has 0 aliphatic rings. The predicted molar refractivity (Wildman–Crippen MR) is 0 cm³/mol. The van der Waals surface area contributed by atoms with Crippen LogP contribution in [0.4, 0.5) is 0 Å². The topological polar surface area (TPSA) is 0 Å². The normalized spacial score (nSPS) is 0. The van der Waals surface area contributed by atoms with Gasteiger partial charge in [-0.05, 0) is 0 Å². The summed E-state index contributed by atoms with van der Waals surface area (Å²) in [5.74, 6) is 0. The molecule has 0 aliphatic heterocycles. The Bertz CT molecular complexity index is 0. The van der Waals surface area contributed by atoms with Gasteiger partial charge in [-0.25, -0.2) is 0 Å². The van der Waals surface area contributed by atoms with E-state index in [1.165, 1.54) is 0 Å². The van der Waals surface area contributed by atoms with Gasteiger partial charge in [0.05, 0.1) is 0 Å². The largest absolute Gasteiger partial charge is 2.00 e. The van der Waals surface area contributed by atoms with Crippen LogP contribution in [0, 0.1) is 0 Å². The SMILES string of the molecule is [Ti+2].[Ti+2].[Ti+2].[Ti+2]. The summed E-state index contributed by atoms with van der Waals surface area (Å²) in [6.45, 7) is 0. The molecular weight excluding hydrogens is 191 g/mol. The van der Waals surface area contributed by atoms with E-state index in [0.29, 0.717) is 0 Å². The molecule has 0 rings (SSSR count). The molecule has 8 valence electrons. The van der Waals surface area contributed by atoms with Crippen LogP contribution in [0.2, 0.25) is 0 Å². The molecule has 0 spiro atoms. The molecular formula is Ti4+8. The van der Waals surface area contributed by atoms with E-state index in [4.69, 9.17) is 0 Å². The third-order valence-corrected chi connectivity index (χ3v) is 0. The minimum Gasteiger partial charge on any atom is 2.00 e. The Morgan fingerprint density at radius 1 is 0.250 bits per heavy atom. The second kappa shape index (κ2) is 16.9. The van der Waals surface area contributed by atoms with Crippen molar-refractivity contribution in [2.24, 2.45) is 0 Å². The quantitative estimate of drug-likeness (QED) is 0.473. The summed E-state index contributed by atoms with van der Waals surface area (Å²) in [4.78, 5) is 0. The Morgan fingerprint density at radius 3 is 0.250 bits per heavy atom. The first-order valence-electron chi connectivity index (χ1n) is 0. The van der Waals surface area contributed by atoms with E-state index >= 15 is 0 Å². The van der Waals surface area contributed by atoms with Gasteiger partial charge in [-0.15, -0.1) is 0 Å². The van der Waals surface area contributed by atoms with Crippen molar-refractivity contribution in [1.29, 1.82) is 0 Å². The summed E-state index contributed by atoms with van der Waals surface area (Å²) >= 11 is 0. The van der Waals surface area contributed by atoms with Gasteiger partial charge in [-0.3, -0.25) is 0 Å². The molecule has 0 unspecified atom stereocenters. The molecule has 4 heteroatoms. The van der Waals surface area contributed by atoms with Gasteiger partial charge >= 0.3 is 86.9 Å². The molecule has 0 aliphatic carbocycles. The van der Waals surface area contributed by atoms with Crippen molar-refractivity contribution < 1.29 is 86.9 Å². The van der Waals surface area contributed by atoms with Gasteiger partial charge in [-0.1, -0.05) is 0 Å². The zero-order chi connectivity index (χ0) is 0. The van der Waals surface area contributed by atoms with Gasteiger partial charge in [0.1, 0.15) is 0 Å². The summed E-state index contributed by atoms with van der Waals surface area (Å²) < 4.78 is 0. The predicted octanol–water partition coefficient (Wildman–Crippen LogP) is -0.0100. The van der Waals surface area contributed by atoms with Gasteiger partial charge in [0.2, 0.25) is 0 Å². The number of hydrogen-bond donors (Lipinski definition) is 0. The number of hydrogen-bond acceptors (Lipinski definition) is 0. The van der Waals surface area contributed by atoms with Crippen LogP contribution in [0.25, 0.3) is 0 Å². The zero-order valence-electron chi connectivity index (χ0n) is 2.00. The molecule has 0 radical (unpaired) electrons. The summed E-state index contributed by atoms with van der Waals surface area (Å²) in [6, 6.07) is 0. The van der Waals surface area contributed by atoms with E-state index in [1.807, 2.05) is 0 Å². The van der Waals surface area contributed by atoms with E-state index in [1.54, 1.807) is 0 Å². The maximum Gasteiger partial charge on any atom is 2.00 e. The first-order chi connectivity index (χ1) is 0. The molecule has 0 heterocycles. The Hall–Kier alpha value is 2.86. The van der Waals surface area contributed by atoms with Crippen LogP contribution in [0.15, 0.2) is 0 Å². The van der Waals surface area contributed by atoms with Gasteiger partial charge < -0.3 is 0 Å². The molecule has 0 aromatic rings. The molecule has 0 saturated heterocycles. The molecule has 0 aromatic heterocycles. The van der Waals surface area contributed by atoms with Crippen molar-refractivity contribution in [3.63, 3.8) is 0 Å². The second-order valence-corrected chi connectivity index (χ2v) is 0. The minimum atomic E-state index is 0. The van der Waals surface area contributed by atoms with Crippen molar-refractivity contribution >= 4 is 0 Å². The average molecular weight is 191 g/mol. The summed E-state index contributed by atoms with van der Waals surface area (Å²) in [7, 11) is 0. The Kier molecular flexibility index (Phi) is 122. The summed E-state index contributed by atoms with van der Waals surface area (Å²) in [5.41, 5.74) is 0. The van der Waals surface area contributed by atoms with E-state index in [2.05, 4.69) is 0 Å². The Labute approximate surface area is 85.4 Å². The van der Waals surface area contributed by atoms with E-state index in [-0.39, 0.29) is 86.9 Å². The molecule has 0 fully saturated rings. The van der Waals surface area contributed by atoms with Gasteiger partial charge in [-0.2, -0.15) is 0 Å². The Morgan fingerprint density at radius 2 is 0.250 bits per heavy atom. The third-order valence-electron chi connectivity index (χ3n) is 0. The van der Waals surface area contributed by atoms with Crippen LogP contribution >= 0.6 is 0 Å². The fraction of sp³-hybridized carbons (Fsp3) is 0. The van der Waals surface area contributed by atoms with Gasteiger partial charge in [0, 0.05) is 0 Å². The van der Waals surface area contributed by atoms with Crippen molar-refractivity contribution in [2.75, 3.05) is 0 Å².